The third kappa shape index (κ3) is 8.02. The maximum atomic E-state index is 11.6. The van der Waals surface area contributed by atoms with E-state index in [0.29, 0.717) is 18.4 Å². The first-order chi connectivity index (χ1) is 7.65. The maximum absolute atomic E-state index is 11.6. The number of rotatable bonds is 5. The molecule has 0 radical (unpaired) electrons. The first kappa shape index (κ1) is 16.2. The van der Waals surface area contributed by atoms with Crippen LogP contribution in [0.5, 0.6) is 0 Å². The number of nitrogens with one attached hydrogen (secondary N) is 1. The molecular weight excluding hydrogens is 216 g/mol. The van der Waals surface area contributed by atoms with Gasteiger partial charge in [-0.1, -0.05) is 13.8 Å². The Morgan fingerprint density at radius 1 is 1.29 bits per heavy atom. The van der Waals surface area contributed by atoms with E-state index >= 15 is 0 Å². The van der Waals surface area contributed by atoms with Gasteiger partial charge < -0.3 is 15.8 Å². The number of hydrogen-bond acceptors (Lipinski definition) is 3. The molecule has 1 unspecified atom stereocenters. The Labute approximate surface area is 105 Å². The van der Waals surface area contributed by atoms with Crippen molar-refractivity contribution >= 4 is 6.09 Å². The number of carbonyl (C=O) groups is 1. The average molecular weight is 244 g/mol. The van der Waals surface area contributed by atoms with E-state index in [2.05, 4.69) is 19.2 Å². The smallest absolute Gasteiger partial charge is 0.407 e. The van der Waals surface area contributed by atoms with Crippen molar-refractivity contribution < 1.29 is 9.53 Å². The van der Waals surface area contributed by atoms with Gasteiger partial charge in [0.05, 0.1) is 0 Å². The van der Waals surface area contributed by atoms with Crippen molar-refractivity contribution in [3.05, 3.63) is 0 Å². The molecule has 0 rings (SSSR count). The molecule has 1 amide bonds. The number of alkyl carbamates (subject to hydrolysis) is 1. The zero-order valence-electron chi connectivity index (χ0n) is 12.0. The van der Waals surface area contributed by atoms with Crippen molar-refractivity contribution in [2.75, 3.05) is 6.54 Å². The second-order valence-corrected chi connectivity index (χ2v) is 6.06. The molecule has 0 aliphatic heterocycles. The van der Waals surface area contributed by atoms with Crippen molar-refractivity contribution in [2.24, 2.45) is 17.6 Å². The van der Waals surface area contributed by atoms with Crippen LogP contribution in [0.15, 0.2) is 0 Å². The molecule has 0 fully saturated rings. The Balaban J connectivity index is 4.21. The van der Waals surface area contributed by atoms with E-state index in [9.17, 15) is 4.79 Å². The lowest BCUT2D eigenvalue weighted by Gasteiger charge is -2.27. The molecule has 0 saturated heterocycles. The lowest BCUT2D eigenvalue weighted by atomic mass is 9.91. The maximum Gasteiger partial charge on any atom is 0.407 e. The van der Waals surface area contributed by atoms with E-state index in [1.807, 2.05) is 27.7 Å². The van der Waals surface area contributed by atoms with Crippen molar-refractivity contribution in [3.8, 4) is 0 Å². The zero-order chi connectivity index (χ0) is 13.6. The third-order valence-electron chi connectivity index (χ3n) is 2.53. The molecule has 0 saturated carbocycles. The third-order valence-corrected chi connectivity index (χ3v) is 2.53. The molecule has 0 aromatic heterocycles. The highest BCUT2D eigenvalue weighted by Crippen LogP contribution is 2.15. The van der Waals surface area contributed by atoms with Gasteiger partial charge in [0, 0.05) is 6.04 Å². The highest BCUT2D eigenvalue weighted by molar-refractivity contribution is 5.68. The van der Waals surface area contributed by atoms with E-state index in [1.165, 1.54) is 0 Å². The average Bonchev–Trinajstić information content (AvgIpc) is 2.10. The van der Waals surface area contributed by atoms with Crippen LogP contribution in [0.4, 0.5) is 4.79 Å². The minimum Gasteiger partial charge on any atom is -0.444 e. The largest absolute Gasteiger partial charge is 0.444 e. The number of carbonyl (C=O) groups excluding carboxylic acids is 1. The number of amides is 1. The van der Waals surface area contributed by atoms with Gasteiger partial charge in [0.25, 0.3) is 0 Å². The van der Waals surface area contributed by atoms with Gasteiger partial charge in [-0.2, -0.15) is 0 Å². The summed E-state index contributed by atoms with van der Waals surface area (Å²) in [5.41, 5.74) is 5.27. The molecule has 0 aromatic carbocycles. The van der Waals surface area contributed by atoms with Crippen molar-refractivity contribution in [2.45, 2.75) is 59.6 Å². The van der Waals surface area contributed by atoms with E-state index < -0.39 is 5.60 Å². The Hall–Kier alpha value is -0.770. The highest BCUT2D eigenvalue weighted by atomic mass is 16.6. The summed E-state index contributed by atoms with van der Waals surface area (Å²) in [6.45, 7) is 12.4. The second kappa shape index (κ2) is 6.84. The summed E-state index contributed by atoms with van der Waals surface area (Å²) < 4.78 is 5.22. The fraction of sp³-hybridized carbons (Fsp3) is 0.923. The van der Waals surface area contributed by atoms with E-state index in [1.54, 1.807) is 0 Å². The van der Waals surface area contributed by atoms with Gasteiger partial charge >= 0.3 is 6.09 Å². The molecule has 2 atom stereocenters. The molecule has 0 heterocycles. The number of hydrogen-bond donors (Lipinski definition) is 2. The number of ether oxygens (including phenoxy) is 1. The SMILES string of the molecule is CC(C)CC(CN)[C@@H](C)NC(=O)OC(C)(C)C. The molecule has 0 spiro atoms. The monoisotopic (exact) mass is 244 g/mol. The van der Waals surface area contributed by atoms with Crippen LogP contribution in [-0.4, -0.2) is 24.3 Å². The fourth-order valence-corrected chi connectivity index (χ4v) is 1.72. The van der Waals surface area contributed by atoms with Crippen molar-refractivity contribution in [1.82, 2.24) is 5.32 Å². The molecule has 0 aliphatic carbocycles. The molecule has 102 valence electrons. The highest BCUT2D eigenvalue weighted by Gasteiger charge is 2.22. The van der Waals surface area contributed by atoms with Crippen LogP contribution in [0.1, 0.15) is 48.0 Å². The molecule has 4 heteroatoms. The topological polar surface area (TPSA) is 64.3 Å². The predicted molar refractivity (Wildman–Crippen MR) is 70.8 cm³/mol. The Bertz CT molecular complexity index is 234. The van der Waals surface area contributed by atoms with Crippen LogP contribution < -0.4 is 11.1 Å². The summed E-state index contributed by atoms with van der Waals surface area (Å²) in [4.78, 5) is 11.6. The van der Waals surface area contributed by atoms with Crippen LogP contribution in [0.2, 0.25) is 0 Å². The van der Waals surface area contributed by atoms with Gasteiger partial charge in [0.1, 0.15) is 5.60 Å². The van der Waals surface area contributed by atoms with Gasteiger partial charge in [-0.25, -0.2) is 4.79 Å². The zero-order valence-corrected chi connectivity index (χ0v) is 12.0. The van der Waals surface area contributed by atoms with Gasteiger partial charge in [-0.05, 0) is 52.5 Å². The molecule has 0 bridgehead atoms. The standard InChI is InChI=1S/C13H28N2O2/c1-9(2)7-11(8-14)10(3)15-12(16)17-13(4,5)6/h9-11H,7-8,14H2,1-6H3,(H,15,16)/t10-,11?/m1/s1. The van der Waals surface area contributed by atoms with Crippen molar-refractivity contribution in [3.63, 3.8) is 0 Å². The quantitative estimate of drug-likeness (QED) is 0.781. The molecule has 4 nitrogen and oxygen atoms in total. The lowest BCUT2D eigenvalue weighted by Crippen LogP contribution is -2.43. The van der Waals surface area contributed by atoms with Crippen LogP contribution in [-0.2, 0) is 4.74 Å². The van der Waals surface area contributed by atoms with Gasteiger partial charge in [-0.15, -0.1) is 0 Å². The lowest BCUT2D eigenvalue weighted by molar-refractivity contribution is 0.0489. The Kier molecular flexibility index (Phi) is 6.53. The predicted octanol–water partition coefficient (Wildman–Crippen LogP) is 2.52. The van der Waals surface area contributed by atoms with Crippen molar-refractivity contribution in [1.29, 1.82) is 0 Å². The van der Waals surface area contributed by atoms with Gasteiger partial charge in [0.2, 0.25) is 0 Å². The fourth-order valence-electron chi connectivity index (χ4n) is 1.72. The molecule has 3 N–H and O–H groups in total. The first-order valence-electron chi connectivity index (χ1n) is 6.35. The van der Waals surface area contributed by atoms with Crippen LogP contribution >= 0.6 is 0 Å². The summed E-state index contributed by atoms with van der Waals surface area (Å²) in [6, 6.07) is 0.0391. The first-order valence-corrected chi connectivity index (χ1v) is 6.35. The van der Waals surface area contributed by atoms with E-state index in [-0.39, 0.29) is 12.1 Å². The van der Waals surface area contributed by atoms with Gasteiger partial charge in [0.15, 0.2) is 0 Å². The number of nitrogens with two attached hydrogens (primary N) is 1. The normalized spacial score (nSPS) is 15.5. The van der Waals surface area contributed by atoms with Crippen LogP contribution in [0, 0.1) is 11.8 Å². The van der Waals surface area contributed by atoms with Gasteiger partial charge in [-0.3, -0.25) is 0 Å². The van der Waals surface area contributed by atoms with Crippen LogP contribution in [0.3, 0.4) is 0 Å². The summed E-state index contributed by atoms with van der Waals surface area (Å²) in [7, 11) is 0. The minimum absolute atomic E-state index is 0.0391. The summed E-state index contributed by atoms with van der Waals surface area (Å²) in [6.07, 6.45) is 0.639. The molecule has 0 aliphatic rings. The minimum atomic E-state index is -0.458. The Morgan fingerprint density at radius 2 is 1.82 bits per heavy atom. The molecule has 17 heavy (non-hydrogen) atoms. The molecule has 0 aromatic rings. The summed E-state index contributed by atoms with van der Waals surface area (Å²) in [5, 5.41) is 2.85. The molecular formula is C13H28N2O2. The van der Waals surface area contributed by atoms with E-state index in [4.69, 9.17) is 10.5 Å². The second-order valence-electron chi connectivity index (χ2n) is 6.06. The van der Waals surface area contributed by atoms with E-state index in [0.717, 1.165) is 6.42 Å². The Morgan fingerprint density at radius 3 is 2.18 bits per heavy atom. The summed E-state index contributed by atoms with van der Waals surface area (Å²) >= 11 is 0. The van der Waals surface area contributed by atoms with Crippen LogP contribution in [0.25, 0.3) is 0 Å². The summed E-state index contributed by atoms with van der Waals surface area (Å²) in [5.74, 6) is 0.869.